The minimum Gasteiger partial charge on any atom is -0.383 e. The summed E-state index contributed by atoms with van der Waals surface area (Å²) in [7, 11) is -2.31. The van der Waals surface area contributed by atoms with Gasteiger partial charge in [0.25, 0.3) is 5.91 Å². The van der Waals surface area contributed by atoms with Crippen LogP contribution in [0.1, 0.15) is 15.9 Å². The van der Waals surface area contributed by atoms with Gasteiger partial charge in [0.1, 0.15) is 5.82 Å². The molecule has 2 rings (SSSR count). The van der Waals surface area contributed by atoms with Crippen molar-refractivity contribution < 1.29 is 22.3 Å². The summed E-state index contributed by atoms with van der Waals surface area (Å²) >= 11 is 5.70. The van der Waals surface area contributed by atoms with E-state index in [1.54, 1.807) is 6.92 Å². The molecule has 0 atom stereocenters. The lowest BCUT2D eigenvalue weighted by molar-refractivity contribution is 0.102. The number of sulfonamides is 1. The predicted molar refractivity (Wildman–Crippen MR) is 97.6 cm³/mol. The van der Waals surface area contributed by atoms with Gasteiger partial charge in [-0.1, -0.05) is 17.7 Å². The van der Waals surface area contributed by atoms with E-state index in [9.17, 15) is 17.6 Å². The molecule has 26 heavy (non-hydrogen) atoms. The van der Waals surface area contributed by atoms with E-state index in [1.165, 1.54) is 37.4 Å². The highest BCUT2D eigenvalue weighted by molar-refractivity contribution is 7.89. The van der Waals surface area contributed by atoms with Gasteiger partial charge in [-0.2, -0.15) is 0 Å². The highest BCUT2D eigenvalue weighted by atomic mass is 35.5. The summed E-state index contributed by atoms with van der Waals surface area (Å²) in [5.74, 6) is -1.13. The fraction of sp³-hybridized carbons (Fsp3) is 0.235. The summed E-state index contributed by atoms with van der Waals surface area (Å²) in [5, 5.41) is 2.45. The van der Waals surface area contributed by atoms with Gasteiger partial charge in [0, 0.05) is 24.9 Å². The highest BCUT2D eigenvalue weighted by Crippen LogP contribution is 2.21. The van der Waals surface area contributed by atoms with Crippen molar-refractivity contribution in [1.82, 2.24) is 4.72 Å². The molecule has 2 N–H and O–H groups in total. The summed E-state index contributed by atoms with van der Waals surface area (Å²) in [6, 6.07) is 8.00. The van der Waals surface area contributed by atoms with Crippen LogP contribution in [-0.2, 0) is 14.8 Å². The van der Waals surface area contributed by atoms with Crippen molar-refractivity contribution in [3.8, 4) is 0 Å². The van der Waals surface area contributed by atoms with E-state index in [0.717, 1.165) is 6.07 Å². The number of rotatable bonds is 7. The molecule has 0 aliphatic heterocycles. The van der Waals surface area contributed by atoms with Gasteiger partial charge in [0.2, 0.25) is 10.0 Å². The van der Waals surface area contributed by atoms with Gasteiger partial charge in [0.05, 0.1) is 16.5 Å². The van der Waals surface area contributed by atoms with Crippen LogP contribution in [0, 0.1) is 12.7 Å². The molecule has 0 radical (unpaired) electrons. The number of amides is 1. The van der Waals surface area contributed by atoms with E-state index in [0.29, 0.717) is 11.3 Å². The Labute approximate surface area is 156 Å². The minimum atomic E-state index is -3.77. The number of benzene rings is 2. The molecule has 0 bridgehead atoms. The van der Waals surface area contributed by atoms with Crippen LogP contribution in [0.25, 0.3) is 0 Å². The van der Waals surface area contributed by atoms with Gasteiger partial charge in [0.15, 0.2) is 0 Å². The molecule has 0 heterocycles. The van der Waals surface area contributed by atoms with Gasteiger partial charge in [-0.15, -0.1) is 0 Å². The minimum absolute atomic E-state index is 0.0403. The molecule has 0 saturated heterocycles. The number of carbonyl (C=O) groups excluding carboxylic acids is 1. The van der Waals surface area contributed by atoms with Crippen molar-refractivity contribution in [2.45, 2.75) is 11.8 Å². The molecule has 0 saturated carbocycles. The SMILES string of the molecule is COCCNS(=O)(=O)c1ccc(C)c(C(=O)Nc2ccc(F)c(Cl)c2)c1. The third-order valence-electron chi connectivity index (χ3n) is 3.54. The molecule has 0 aliphatic rings. The van der Waals surface area contributed by atoms with E-state index in [1.807, 2.05) is 0 Å². The Morgan fingerprint density at radius 3 is 2.62 bits per heavy atom. The molecule has 0 aromatic heterocycles. The van der Waals surface area contributed by atoms with Gasteiger partial charge in [-0.3, -0.25) is 4.79 Å². The van der Waals surface area contributed by atoms with Crippen LogP contribution in [0.5, 0.6) is 0 Å². The van der Waals surface area contributed by atoms with Crippen LogP contribution in [0.4, 0.5) is 10.1 Å². The third-order valence-corrected chi connectivity index (χ3v) is 5.29. The fourth-order valence-corrected chi connectivity index (χ4v) is 3.37. The summed E-state index contributed by atoms with van der Waals surface area (Å²) in [6.07, 6.45) is 0. The van der Waals surface area contributed by atoms with Crippen LogP contribution < -0.4 is 10.0 Å². The van der Waals surface area contributed by atoms with Crippen molar-refractivity contribution in [2.75, 3.05) is 25.6 Å². The number of hydrogen-bond donors (Lipinski definition) is 2. The normalized spacial score (nSPS) is 11.4. The van der Waals surface area contributed by atoms with Gasteiger partial charge < -0.3 is 10.1 Å². The lowest BCUT2D eigenvalue weighted by Crippen LogP contribution is -2.27. The number of carbonyl (C=O) groups is 1. The second kappa shape index (κ2) is 8.59. The number of anilines is 1. The van der Waals surface area contributed by atoms with Gasteiger partial charge >= 0.3 is 0 Å². The van der Waals surface area contributed by atoms with E-state index >= 15 is 0 Å². The predicted octanol–water partition coefficient (Wildman–Crippen LogP) is 2.96. The molecule has 1 amide bonds. The largest absolute Gasteiger partial charge is 0.383 e. The van der Waals surface area contributed by atoms with Crippen LogP contribution in [-0.4, -0.2) is 34.6 Å². The standard InChI is InChI=1S/C17H18ClFN2O4S/c1-11-3-5-13(26(23,24)20-7-8-25-2)10-14(11)17(22)21-12-4-6-16(19)15(18)9-12/h3-6,9-10,20H,7-8H2,1-2H3,(H,21,22). The summed E-state index contributed by atoms with van der Waals surface area (Å²) in [5.41, 5.74) is 1.07. The van der Waals surface area contributed by atoms with Crippen molar-refractivity contribution >= 4 is 33.2 Å². The van der Waals surface area contributed by atoms with Crippen molar-refractivity contribution in [2.24, 2.45) is 0 Å². The van der Waals surface area contributed by atoms with E-state index in [2.05, 4.69) is 10.0 Å². The Morgan fingerprint density at radius 1 is 1.23 bits per heavy atom. The number of halogens is 2. The maximum Gasteiger partial charge on any atom is 0.255 e. The van der Waals surface area contributed by atoms with E-state index in [4.69, 9.17) is 16.3 Å². The first-order valence-electron chi connectivity index (χ1n) is 7.60. The molecule has 0 spiro atoms. The maximum absolute atomic E-state index is 13.2. The molecule has 2 aromatic carbocycles. The number of methoxy groups -OCH3 is 1. The molecule has 9 heteroatoms. The van der Waals surface area contributed by atoms with Gasteiger partial charge in [-0.05, 0) is 42.8 Å². The smallest absolute Gasteiger partial charge is 0.255 e. The van der Waals surface area contributed by atoms with Crippen LogP contribution in [0.2, 0.25) is 5.02 Å². The Morgan fingerprint density at radius 2 is 1.96 bits per heavy atom. The molecule has 2 aromatic rings. The summed E-state index contributed by atoms with van der Waals surface area (Å²) in [4.78, 5) is 12.4. The lowest BCUT2D eigenvalue weighted by Gasteiger charge is -2.11. The highest BCUT2D eigenvalue weighted by Gasteiger charge is 2.18. The monoisotopic (exact) mass is 400 g/mol. The number of ether oxygens (including phenoxy) is 1. The van der Waals surface area contributed by atoms with Crippen molar-refractivity contribution in [1.29, 1.82) is 0 Å². The third kappa shape index (κ3) is 5.01. The van der Waals surface area contributed by atoms with E-state index in [-0.39, 0.29) is 28.6 Å². The lowest BCUT2D eigenvalue weighted by atomic mass is 10.1. The van der Waals surface area contributed by atoms with Gasteiger partial charge in [-0.25, -0.2) is 17.5 Å². The summed E-state index contributed by atoms with van der Waals surface area (Å²) < 4.78 is 45.0. The Balaban J connectivity index is 2.25. The second-order valence-electron chi connectivity index (χ2n) is 5.45. The zero-order valence-corrected chi connectivity index (χ0v) is 15.7. The average molecular weight is 401 g/mol. The Hall–Kier alpha value is -2.00. The first-order valence-corrected chi connectivity index (χ1v) is 9.46. The fourth-order valence-electron chi connectivity index (χ4n) is 2.15. The Bertz CT molecular complexity index is 919. The molecule has 140 valence electrons. The zero-order chi connectivity index (χ0) is 19.3. The van der Waals surface area contributed by atoms with Crippen molar-refractivity contribution in [3.05, 3.63) is 58.4 Å². The van der Waals surface area contributed by atoms with E-state index < -0.39 is 21.7 Å². The second-order valence-corrected chi connectivity index (χ2v) is 7.62. The number of nitrogens with one attached hydrogen (secondary N) is 2. The quantitative estimate of drug-likeness (QED) is 0.700. The van der Waals surface area contributed by atoms with Crippen LogP contribution in [0.15, 0.2) is 41.3 Å². The zero-order valence-electron chi connectivity index (χ0n) is 14.2. The average Bonchev–Trinajstić information content (AvgIpc) is 2.58. The van der Waals surface area contributed by atoms with Crippen LogP contribution in [0.3, 0.4) is 0 Å². The molecular weight excluding hydrogens is 383 g/mol. The first-order chi connectivity index (χ1) is 12.2. The van der Waals surface area contributed by atoms with Crippen LogP contribution >= 0.6 is 11.6 Å². The number of hydrogen-bond acceptors (Lipinski definition) is 4. The topological polar surface area (TPSA) is 84.5 Å². The maximum atomic E-state index is 13.2. The first kappa shape index (κ1) is 20.3. The molecule has 6 nitrogen and oxygen atoms in total. The summed E-state index contributed by atoms with van der Waals surface area (Å²) in [6.45, 7) is 2.02. The molecule has 0 aliphatic carbocycles. The molecule has 0 unspecified atom stereocenters. The molecular formula is C17H18ClFN2O4S. The Kier molecular flexibility index (Phi) is 6.71. The van der Waals surface area contributed by atoms with Crippen molar-refractivity contribution in [3.63, 3.8) is 0 Å². The number of aryl methyl sites for hydroxylation is 1. The molecule has 0 fully saturated rings.